The van der Waals surface area contributed by atoms with Gasteiger partial charge in [-0.05, 0) is 187 Å². The number of carbonyl (C=O) groups is 7. The second-order valence-electron chi connectivity index (χ2n) is 23.2. The number of ether oxygens (including phenoxy) is 7. The number of hydrogen-bond acceptors (Lipinski definition) is 15. The summed E-state index contributed by atoms with van der Waals surface area (Å²) >= 11 is 0. The van der Waals surface area contributed by atoms with E-state index in [4.69, 9.17) is 47.8 Å². The fourth-order valence-corrected chi connectivity index (χ4v) is 8.75. The SMILES string of the molecule is CC(C)[C@H](NC(=O)OC(C)(C)C)C(=O)O.COc1c(C)c(C)c(OC)c(CCCOC(=O)NCCC[C@H](N)C(=O)NC(C)C)c1C.COc1c(C)c(C)c(OC)c(CCCOC(=O)NCCC[C@H](NC(=O)[C@@H](C)C(C)C)C(=O)NC(C)C)c1C.[3H]P([3H])[3H]. The molecule has 85 heavy (non-hydrogen) atoms. The lowest BCUT2D eigenvalue weighted by Gasteiger charge is -2.23. The van der Waals surface area contributed by atoms with Crippen LogP contribution in [0.2, 0.25) is 0 Å². The van der Waals surface area contributed by atoms with Crippen molar-refractivity contribution < 1.29 is 71.8 Å². The zero-order valence-corrected chi connectivity index (χ0v) is 56.2. The van der Waals surface area contributed by atoms with Crippen molar-refractivity contribution in [2.75, 3.05) is 54.7 Å². The van der Waals surface area contributed by atoms with Crippen molar-refractivity contribution in [2.24, 2.45) is 23.5 Å². The van der Waals surface area contributed by atoms with Gasteiger partial charge in [0.15, 0.2) is 0 Å². The van der Waals surface area contributed by atoms with Gasteiger partial charge >= 0.3 is 24.2 Å². The zero-order valence-electron chi connectivity index (χ0n) is 58.3. The smallest absolute Gasteiger partial charge is 0.408 e. The number of aliphatic carboxylic acids is 1. The van der Waals surface area contributed by atoms with E-state index in [1.165, 1.54) is 0 Å². The standard InChI is InChI=1S/C29H49N3O6.C23H39N3O5.C10H19NO4.H3P/c1-17(2)19(5)27(33)32-24(28(34)31-18(3)4)14-11-15-30-29(35)38-16-12-13-23-22(8)25(36-9)20(6)21(7)26(23)37-10;1-14(2)26-22(27)19(24)11-8-12-25-23(28)31-13-9-10-18-17(5)20(29-6)15(3)16(4)21(18)30-7;1-6(2)7(8(12)13)11-9(14)15-10(3,4)5;/h17-19,24H,11-16H2,1-10H3,(H,30,35)(H,31,34)(H,32,33);14,19H,8-13,24H2,1-7H3,(H,25,28)(H,26,27);6-7H,1-5H3,(H,11,14)(H,12,13);1H3/t19-,24-;19-;7-;/m000./s1/i;;;1T3. The third kappa shape index (κ3) is 29.6. The number of nitrogens with one attached hydrogen (secondary N) is 6. The molecule has 0 aliphatic rings. The number of nitrogens with two attached hydrogens (primary N) is 1. The summed E-state index contributed by atoms with van der Waals surface area (Å²) in [6, 6.07) is -2.13. The van der Waals surface area contributed by atoms with Crippen molar-refractivity contribution in [3.05, 3.63) is 44.5 Å². The molecular weight excluding hydrogens is 1110 g/mol. The van der Waals surface area contributed by atoms with E-state index in [1.807, 2.05) is 90.0 Å². The molecular formula is C62H110N7O15P. The Bertz CT molecular complexity index is 2490. The van der Waals surface area contributed by atoms with E-state index in [0.29, 0.717) is 71.1 Å². The Morgan fingerprint density at radius 2 is 0.918 bits per heavy atom. The summed E-state index contributed by atoms with van der Waals surface area (Å²) in [4.78, 5) is 83.0. The Labute approximate surface area is 515 Å². The van der Waals surface area contributed by atoms with Crippen LogP contribution in [0.5, 0.6) is 23.0 Å². The number of amides is 6. The predicted octanol–water partition coefficient (Wildman–Crippen LogP) is 8.97. The van der Waals surface area contributed by atoms with Crippen LogP contribution in [0.15, 0.2) is 0 Å². The van der Waals surface area contributed by atoms with Crippen molar-refractivity contribution in [3.8, 4) is 23.0 Å². The van der Waals surface area contributed by atoms with E-state index in [2.05, 4.69) is 31.9 Å². The molecule has 22 nitrogen and oxygen atoms in total. The van der Waals surface area contributed by atoms with Crippen molar-refractivity contribution in [1.82, 2.24) is 31.9 Å². The average Bonchev–Trinajstić information content (AvgIpc) is 1.16. The molecule has 6 amide bonds. The number of benzene rings is 2. The van der Waals surface area contributed by atoms with E-state index >= 15 is 0 Å². The molecule has 0 aliphatic heterocycles. The lowest BCUT2D eigenvalue weighted by Crippen LogP contribution is -2.50. The minimum Gasteiger partial charge on any atom is -0.496 e. The molecule has 2 aromatic carbocycles. The normalized spacial score (nSPS) is 12.8. The quantitative estimate of drug-likeness (QED) is 0.0206. The highest BCUT2D eigenvalue weighted by atomic mass is 31.0. The number of carboxylic acid groups (broad SMARTS) is 1. The molecule has 2 aromatic rings. The molecule has 4 atom stereocenters. The lowest BCUT2D eigenvalue weighted by atomic mass is 9.94. The zero-order chi connectivity index (χ0) is 68.3. The summed E-state index contributed by atoms with van der Waals surface area (Å²) in [7, 11) is 4.79. The van der Waals surface area contributed by atoms with Gasteiger partial charge in [0.1, 0.15) is 40.7 Å². The number of methoxy groups -OCH3 is 4. The molecule has 0 aromatic heterocycles. The van der Waals surface area contributed by atoms with Crippen LogP contribution in [-0.2, 0) is 46.2 Å². The Kier molecular flexibility index (Phi) is 36.0. The van der Waals surface area contributed by atoms with Gasteiger partial charge in [0.25, 0.3) is 0 Å². The van der Waals surface area contributed by atoms with Crippen molar-refractivity contribution in [2.45, 2.75) is 212 Å². The van der Waals surface area contributed by atoms with Gasteiger partial charge in [-0.2, -0.15) is 9.73 Å². The highest BCUT2D eigenvalue weighted by Gasteiger charge is 2.28. The second-order valence-corrected chi connectivity index (χ2v) is 23.2. The number of rotatable bonds is 30. The molecule has 488 valence electrons. The Morgan fingerprint density at radius 1 is 0.529 bits per heavy atom. The number of carboxylic acids is 1. The van der Waals surface area contributed by atoms with Gasteiger partial charge in [-0.15, -0.1) is 0 Å². The number of carbonyl (C=O) groups excluding carboxylic acids is 6. The lowest BCUT2D eigenvalue weighted by molar-refractivity contribution is -0.140. The van der Waals surface area contributed by atoms with Crippen LogP contribution < -0.4 is 56.6 Å². The van der Waals surface area contributed by atoms with E-state index in [-0.39, 0.29) is 54.2 Å². The first-order chi connectivity index (χ1) is 40.8. The average molecular weight is 1230 g/mol. The minimum absolute atomic E-state index is 0.0359. The predicted molar refractivity (Wildman–Crippen MR) is 339 cm³/mol. The van der Waals surface area contributed by atoms with Crippen molar-refractivity contribution in [3.63, 3.8) is 0 Å². The third-order valence-corrected chi connectivity index (χ3v) is 13.8. The van der Waals surface area contributed by atoms with Gasteiger partial charge in [-0.3, -0.25) is 14.4 Å². The Hall–Kier alpha value is -6.28. The van der Waals surface area contributed by atoms with E-state index in [1.54, 1.807) is 63.1 Å². The largest absolute Gasteiger partial charge is 0.496 e. The van der Waals surface area contributed by atoms with Gasteiger partial charge < -0.3 is 75.9 Å². The monoisotopic (exact) mass is 1230 g/mol. The Balaban J connectivity index is 0. The van der Waals surface area contributed by atoms with Crippen LogP contribution in [0, 0.1) is 59.3 Å². The van der Waals surface area contributed by atoms with Crippen LogP contribution in [0.1, 0.15) is 166 Å². The van der Waals surface area contributed by atoms with Gasteiger partial charge in [0, 0.05) is 42.2 Å². The highest BCUT2D eigenvalue weighted by molar-refractivity contribution is 6.92. The summed E-state index contributed by atoms with van der Waals surface area (Å²) in [6.07, 6.45) is 3.01. The molecule has 23 heteroatoms. The summed E-state index contributed by atoms with van der Waals surface area (Å²) in [6.45, 7) is 35.3. The summed E-state index contributed by atoms with van der Waals surface area (Å²) in [5, 5.41) is 25.0. The second kappa shape index (κ2) is 40.9. The van der Waals surface area contributed by atoms with Crippen LogP contribution in [0.25, 0.3) is 0 Å². The van der Waals surface area contributed by atoms with Crippen molar-refractivity contribution >= 4 is 51.7 Å². The van der Waals surface area contributed by atoms with E-state index in [0.717, 1.165) is 67.5 Å². The van der Waals surface area contributed by atoms with Crippen LogP contribution >= 0.6 is 9.73 Å². The summed E-state index contributed by atoms with van der Waals surface area (Å²) in [5.74, 6) is 1.60. The first-order valence-electron chi connectivity index (χ1n) is 30.6. The molecule has 9 N–H and O–H groups in total. The van der Waals surface area contributed by atoms with Gasteiger partial charge in [-0.1, -0.05) is 34.6 Å². The van der Waals surface area contributed by atoms with Crippen LogP contribution in [0.4, 0.5) is 14.4 Å². The first kappa shape index (κ1) is 74.8. The van der Waals surface area contributed by atoms with Gasteiger partial charge in [0.05, 0.1) is 51.5 Å². The van der Waals surface area contributed by atoms with E-state index < -0.39 is 57.7 Å². The van der Waals surface area contributed by atoms with Gasteiger partial charge in [-0.25, -0.2) is 19.2 Å². The van der Waals surface area contributed by atoms with E-state index in [9.17, 15) is 33.6 Å². The molecule has 0 bridgehead atoms. The molecule has 0 saturated heterocycles. The number of alkyl carbamates (subject to hydrolysis) is 3. The highest BCUT2D eigenvalue weighted by Crippen LogP contribution is 2.39. The molecule has 0 aliphatic carbocycles. The number of hydrogen-bond donors (Lipinski definition) is 8. The molecule has 0 fully saturated rings. The van der Waals surface area contributed by atoms with Crippen LogP contribution in [-0.4, -0.2) is 141 Å². The molecule has 0 spiro atoms. The maximum Gasteiger partial charge on any atom is 0.408 e. The molecule has 0 radical (unpaired) electrons. The minimum atomic E-state index is -1.87. The summed E-state index contributed by atoms with van der Waals surface area (Å²) in [5.41, 5.74) is 13.6. The first-order valence-corrected chi connectivity index (χ1v) is 29.2. The topological polar surface area (TPSA) is 303 Å². The molecule has 2 rings (SSSR count). The van der Waals surface area contributed by atoms with Crippen LogP contribution in [0.3, 0.4) is 0 Å². The van der Waals surface area contributed by atoms with Gasteiger partial charge in [0.2, 0.25) is 17.7 Å². The molecule has 0 heterocycles. The Morgan fingerprint density at radius 3 is 1.27 bits per heavy atom. The maximum absolute atomic E-state index is 12.6. The third-order valence-electron chi connectivity index (χ3n) is 13.8. The fraction of sp³-hybridized carbons (Fsp3) is 0.694. The van der Waals surface area contributed by atoms with Crippen molar-refractivity contribution in [1.29, 1.82) is 3.84 Å². The fourth-order valence-electron chi connectivity index (χ4n) is 8.75. The summed E-state index contributed by atoms with van der Waals surface area (Å²) < 4.78 is 55.9. The molecule has 0 saturated carbocycles. The molecule has 0 unspecified atom stereocenters. The maximum atomic E-state index is 12.6.